The van der Waals surface area contributed by atoms with Crippen LogP contribution in [0.4, 0.5) is 0 Å². The number of benzene rings is 1. The highest BCUT2D eigenvalue weighted by Crippen LogP contribution is 2.23. The molecule has 0 bridgehead atoms. The average molecular weight is 187 g/mol. The minimum Gasteiger partial charge on any atom is -0.497 e. The minimum atomic E-state index is 0.888. The quantitative estimate of drug-likeness (QED) is 0.705. The predicted molar refractivity (Wildman–Crippen MR) is 59.6 cm³/mol. The molecule has 1 aromatic carbocycles. The van der Waals surface area contributed by atoms with Crippen molar-refractivity contribution < 1.29 is 4.74 Å². The van der Waals surface area contributed by atoms with Gasteiger partial charge in [0.15, 0.2) is 0 Å². The summed E-state index contributed by atoms with van der Waals surface area (Å²) in [5.41, 5.74) is 2.31. The molecule has 0 unspecified atom stereocenters. The van der Waals surface area contributed by atoms with Crippen molar-refractivity contribution in [3.63, 3.8) is 0 Å². The Kier molecular flexibility index (Phi) is 2.04. The van der Waals surface area contributed by atoms with Gasteiger partial charge in [0.1, 0.15) is 5.75 Å². The summed E-state index contributed by atoms with van der Waals surface area (Å²) in [6.07, 6.45) is 1.85. The third-order valence-electron chi connectivity index (χ3n) is 2.50. The van der Waals surface area contributed by atoms with Gasteiger partial charge in [-0.1, -0.05) is 6.58 Å². The van der Waals surface area contributed by atoms with Crippen LogP contribution in [0.5, 0.6) is 5.75 Å². The van der Waals surface area contributed by atoms with E-state index in [1.165, 1.54) is 10.9 Å². The number of rotatable bonds is 2. The number of methoxy groups -OCH3 is 1. The molecule has 0 atom stereocenters. The Labute approximate surface area is 83.4 Å². The molecule has 0 N–H and O–H groups in total. The summed E-state index contributed by atoms with van der Waals surface area (Å²) < 4.78 is 7.28. The number of nitrogens with zero attached hydrogens (tertiary/aromatic N) is 1. The monoisotopic (exact) mass is 187 g/mol. The van der Waals surface area contributed by atoms with E-state index in [2.05, 4.69) is 23.3 Å². The third-order valence-corrected chi connectivity index (χ3v) is 2.50. The molecule has 1 heterocycles. The van der Waals surface area contributed by atoms with E-state index in [0.717, 1.165) is 11.4 Å². The molecular formula is C12H13NO. The number of hydrogen-bond acceptors (Lipinski definition) is 1. The van der Waals surface area contributed by atoms with Crippen LogP contribution in [0, 0.1) is 0 Å². The van der Waals surface area contributed by atoms with E-state index in [9.17, 15) is 0 Å². The van der Waals surface area contributed by atoms with Crippen molar-refractivity contribution in [2.24, 2.45) is 7.05 Å². The molecule has 1 aromatic heterocycles. The molecule has 2 nitrogen and oxygen atoms in total. The first-order valence-electron chi connectivity index (χ1n) is 4.52. The Morgan fingerprint density at radius 2 is 2.14 bits per heavy atom. The van der Waals surface area contributed by atoms with Gasteiger partial charge in [-0.3, -0.25) is 0 Å². The van der Waals surface area contributed by atoms with Gasteiger partial charge in [0, 0.05) is 23.6 Å². The fraction of sp³-hybridized carbons (Fsp3) is 0.167. The van der Waals surface area contributed by atoms with Crippen molar-refractivity contribution in [3.05, 3.63) is 36.5 Å². The topological polar surface area (TPSA) is 14.2 Å². The summed E-state index contributed by atoms with van der Waals surface area (Å²) in [7, 11) is 3.71. The summed E-state index contributed by atoms with van der Waals surface area (Å²) in [6, 6.07) is 8.16. The second-order valence-electron chi connectivity index (χ2n) is 3.26. The van der Waals surface area contributed by atoms with Crippen molar-refractivity contribution in [2.75, 3.05) is 7.11 Å². The molecule has 0 aliphatic carbocycles. The van der Waals surface area contributed by atoms with Crippen LogP contribution in [-0.4, -0.2) is 11.7 Å². The van der Waals surface area contributed by atoms with Crippen LogP contribution in [0.3, 0.4) is 0 Å². The molecule has 0 aliphatic heterocycles. The van der Waals surface area contributed by atoms with Crippen molar-refractivity contribution in [1.82, 2.24) is 4.57 Å². The van der Waals surface area contributed by atoms with Gasteiger partial charge >= 0.3 is 0 Å². The van der Waals surface area contributed by atoms with E-state index < -0.39 is 0 Å². The SMILES string of the molecule is C=Cc1cc2cc(OC)ccc2n1C. The highest BCUT2D eigenvalue weighted by atomic mass is 16.5. The Balaban J connectivity index is 2.72. The largest absolute Gasteiger partial charge is 0.497 e. The van der Waals surface area contributed by atoms with Gasteiger partial charge in [0.05, 0.1) is 7.11 Å². The Morgan fingerprint density at radius 3 is 2.79 bits per heavy atom. The summed E-state index contributed by atoms with van der Waals surface area (Å²) >= 11 is 0. The zero-order valence-corrected chi connectivity index (χ0v) is 8.45. The summed E-state index contributed by atoms with van der Waals surface area (Å²) in [5, 5.41) is 1.18. The molecule has 0 saturated carbocycles. The molecule has 0 amide bonds. The number of aryl methyl sites for hydroxylation is 1. The lowest BCUT2D eigenvalue weighted by atomic mass is 10.2. The van der Waals surface area contributed by atoms with Crippen LogP contribution in [0.1, 0.15) is 5.69 Å². The Bertz CT molecular complexity index is 482. The fourth-order valence-electron chi connectivity index (χ4n) is 1.67. The standard InChI is InChI=1S/C12H13NO/c1-4-10-7-9-8-11(14-3)5-6-12(9)13(10)2/h4-8H,1H2,2-3H3. The van der Waals surface area contributed by atoms with Gasteiger partial charge in [0.2, 0.25) is 0 Å². The predicted octanol–water partition coefficient (Wildman–Crippen LogP) is 2.83. The van der Waals surface area contributed by atoms with Crippen LogP contribution in [0.2, 0.25) is 0 Å². The van der Waals surface area contributed by atoms with E-state index >= 15 is 0 Å². The smallest absolute Gasteiger partial charge is 0.119 e. The second kappa shape index (κ2) is 3.22. The van der Waals surface area contributed by atoms with Gasteiger partial charge in [-0.15, -0.1) is 0 Å². The molecule has 2 aromatic rings. The van der Waals surface area contributed by atoms with Gasteiger partial charge in [-0.05, 0) is 30.3 Å². The Hall–Kier alpha value is -1.70. The zero-order valence-electron chi connectivity index (χ0n) is 8.45. The number of fused-ring (bicyclic) bond motifs is 1. The first kappa shape index (κ1) is 8.88. The fourth-order valence-corrected chi connectivity index (χ4v) is 1.67. The maximum absolute atomic E-state index is 5.17. The zero-order chi connectivity index (χ0) is 10.1. The maximum Gasteiger partial charge on any atom is 0.119 e. The molecule has 0 aliphatic rings. The number of aromatic nitrogens is 1. The highest BCUT2D eigenvalue weighted by Gasteiger charge is 2.03. The molecule has 2 heteroatoms. The van der Waals surface area contributed by atoms with Crippen LogP contribution in [-0.2, 0) is 7.05 Å². The highest BCUT2D eigenvalue weighted by molar-refractivity contribution is 5.84. The molecule has 0 radical (unpaired) electrons. The summed E-state index contributed by atoms with van der Waals surface area (Å²) in [4.78, 5) is 0. The molecule has 72 valence electrons. The molecule has 2 rings (SSSR count). The van der Waals surface area contributed by atoms with Gasteiger partial charge in [-0.2, -0.15) is 0 Å². The lowest BCUT2D eigenvalue weighted by Crippen LogP contribution is -1.89. The van der Waals surface area contributed by atoms with E-state index in [-0.39, 0.29) is 0 Å². The first-order chi connectivity index (χ1) is 6.76. The van der Waals surface area contributed by atoms with Crippen LogP contribution in [0.15, 0.2) is 30.8 Å². The minimum absolute atomic E-state index is 0.888. The second-order valence-corrected chi connectivity index (χ2v) is 3.26. The van der Waals surface area contributed by atoms with Gasteiger partial charge in [0.25, 0.3) is 0 Å². The van der Waals surface area contributed by atoms with Crippen molar-refractivity contribution in [1.29, 1.82) is 0 Å². The van der Waals surface area contributed by atoms with Crippen LogP contribution < -0.4 is 4.74 Å². The summed E-state index contributed by atoms with van der Waals surface area (Å²) in [6.45, 7) is 3.78. The average Bonchev–Trinajstić information content (AvgIpc) is 2.55. The molecule has 14 heavy (non-hydrogen) atoms. The molecule has 0 saturated heterocycles. The number of ether oxygens (including phenoxy) is 1. The van der Waals surface area contributed by atoms with E-state index in [4.69, 9.17) is 4.74 Å². The van der Waals surface area contributed by atoms with Crippen LogP contribution in [0.25, 0.3) is 17.0 Å². The van der Waals surface area contributed by atoms with Crippen molar-refractivity contribution in [3.8, 4) is 5.75 Å². The molecule has 0 fully saturated rings. The third kappa shape index (κ3) is 1.20. The van der Waals surface area contributed by atoms with Gasteiger partial charge in [-0.25, -0.2) is 0 Å². The molecular weight excluding hydrogens is 174 g/mol. The normalized spacial score (nSPS) is 10.4. The maximum atomic E-state index is 5.17. The van der Waals surface area contributed by atoms with Crippen molar-refractivity contribution in [2.45, 2.75) is 0 Å². The van der Waals surface area contributed by atoms with Gasteiger partial charge < -0.3 is 9.30 Å². The Morgan fingerprint density at radius 1 is 1.36 bits per heavy atom. The molecule has 0 spiro atoms. The first-order valence-corrected chi connectivity index (χ1v) is 4.52. The number of hydrogen-bond donors (Lipinski definition) is 0. The van der Waals surface area contributed by atoms with E-state index in [1.807, 2.05) is 25.3 Å². The lowest BCUT2D eigenvalue weighted by Gasteiger charge is -2.01. The lowest BCUT2D eigenvalue weighted by molar-refractivity contribution is 0.415. The van der Waals surface area contributed by atoms with E-state index in [1.54, 1.807) is 7.11 Å². The van der Waals surface area contributed by atoms with Crippen LogP contribution >= 0.6 is 0 Å². The van der Waals surface area contributed by atoms with E-state index in [0.29, 0.717) is 0 Å². The summed E-state index contributed by atoms with van der Waals surface area (Å²) in [5.74, 6) is 0.888. The van der Waals surface area contributed by atoms with Crippen molar-refractivity contribution >= 4 is 17.0 Å².